The summed E-state index contributed by atoms with van der Waals surface area (Å²) in [6, 6.07) is 2.72. The van der Waals surface area contributed by atoms with E-state index in [4.69, 9.17) is 0 Å². The molecule has 1 aromatic carbocycles. The highest BCUT2D eigenvalue weighted by molar-refractivity contribution is 5.85. The Balaban J connectivity index is 0.00000288. The van der Waals surface area contributed by atoms with Crippen molar-refractivity contribution in [1.82, 2.24) is 10.2 Å². The lowest BCUT2D eigenvalue weighted by atomic mass is 9.78. The molecule has 0 aromatic heterocycles. The third kappa shape index (κ3) is 4.39. The minimum atomic E-state index is -4.78. The SMILES string of the molecule is CC(C)(CO)[C@@H](c1cccc(F)c1C(F)(F)F)N1CCNCC1.Cl. The van der Waals surface area contributed by atoms with E-state index in [0.717, 1.165) is 6.07 Å². The Hall–Kier alpha value is -0.890. The van der Waals surface area contributed by atoms with E-state index < -0.39 is 29.0 Å². The number of piperazine rings is 1. The Kier molecular flexibility index (Phi) is 7.04. The van der Waals surface area contributed by atoms with Crippen LogP contribution in [0.25, 0.3) is 0 Å². The molecule has 1 aliphatic heterocycles. The lowest BCUT2D eigenvalue weighted by molar-refractivity contribution is -0.142. The van der Waals surface area contributed by atoms with Crippen LogP contribution in [0.15, 0.2) is 18.2 Å². The molecule has 138 valence electrons. The van der Waals surface area contributed by atoms with Gasteiger partial charge in [0.1, 0.15) is 5.82 Å². The first-order valence-electron chi connectivity index (χ1n) is 7.59. The number of alkyl halides is 3. The molecule has 24 heavy (non-hydrogen) atoms. The molecule has 1 saturated heterocycles. The van der Waals surface area contributed by atoms with Crippen molar-refractivity contribution >= 4 is 12.4 Å². The van der Waals surface area contributed by atoms with Gasteiger partial charge in [0.2, 0.25) is 0 Å². The molecule has 0 bridgehead atoms. The number of aliphatic hydroxyl groups excluding tert-OH is 1. The Morgan fingerprint density at radius 2 is 1.79 bits per heavy atom. The highest BCUT2D eigenvalue weighted by atomic mass is 35.5. The third-order valence-electron chi connectivity index (χ3n) is 4.29. The van der Waals surface area contributed by atoms with E-state index in [1.165, 1.54) is 12.1 Å². The zero-order valence-corrected chi connectivity index (χ0v) is 14.5. The molecule has 1 aromatic rings. The van der Waals surface area contributed by atoms with Gasteiger partial charge >= 0.3 is 6.18 Å². The maximum absolute atomic E-state index is 14.0. The van der Waals surface area contributed by atoms with Gasteiger partial charge in [-0.1, -0.05) is 26.0 Å². The second-order valence-electron chi connectivity index (χ2n) is 6.54. The van der Waals surface area contributed by atoms with E-state index in [1.54, 1.807) is 13.8 Å². The molecule has 1 heterocycles. The normalized spacial score (nSPS) is 18.1. The summed E-state index contributed by atoms with van der Waals surface area (Å²) in [4.78, 5) is 1.89. The standard InChI is InChI=1S/C16H22F4N2O.ClH/c1-15(2,10-23)14(22-8-6-21-7-9-22)11-4-3-5-12(17)13(11)16(18,19)20;/h3-5,14,21,23H,6-10H2,1-2H3;1H/t14-;/m1./s1. The zero-order chi connectivity index (χ0) is 17.3. The highest BCUT2D eigenvalue weighted by Gasteiger charge is 2.44. The number of rotatable bonds is 4. The Labute approximate surface area is 145 Å². The second kappa shape index (κ2) is 7.99. The summed E-state index contributed by atoms with van der Waals surface area (Å²) in [5.74, 6) is -1.27. The molecule has 0 spiro atoms. The van der Waals surface area contributed by atoms with Gasteiger partial charge in [0.25, 0.3) is 0 Å². The lowest BCUT2D eigenvalue weighted by Gasteiger charge is -2.44. The fraction of sp³-hybridized carbons (Fsp3) is 0.625. The van der Waals surface area contributed by atoms with Crippen LogP contribution < -0.4 is 5.32 Å². The number of aliphatic hydroxyl groups is 1. The summed E-state index contributed by atoms with van der Waals surface area (Å²) in [5.41, 5.74) is -2.19. The average molecular weight is 371 g/mol. The molecular weight excluding hydrogens is 348 g/mol. The van der Waals surface area contributed by atoms with Crippen LogP contribution in [0.5, 0.6) is 0 Å². The maximum Gasteiger partial charge on any atom is 0.419 e. The number of halogens is 5. The van der Waals surface area contributed by atoms with Crippen LogP contribution in [0.2, 0.25) is 0 Å². The van der Waals surface area contributed by atoms with E-state index in [0.29, 0.717) is 26.2 Å². The maximum atomic E-state index is 14.0. The minimum Gasteiger partial charge on any atom is -0.396 e. The third-order valence-corrected chi connectivity index (χ3v) is 4.29. The molecule has 0 radical (unpaired) electrons. The zero-order valence-electron chi connectivity index (χ0n) is 13.7. The molecule has 0 saturated carbocycles. The van der Waals surface area contributed by atoms with Crippen LogP contribution in [0, 0.1) is 11.2 Å². The van der Waals surface area contributed by atoms with Crippen LogP contribution >= 0.6 is 12.4 Å². The van der Waals surface area contributed by atoms with Crippen molar-refractivity contribution in [3.05, 3.63) is 35.1 Å². The molecule has 1 aliphatic rings. The summed E-state index contributed by atoms with van der Waals surface area (Å²) in [6.45, 7) is 5.48. The van der Waals surface area contributed by atoms with Crippen molar-refractivity contribution in [1.29, 1.82) is 0 Å². The largest absolute Gasteiger partial charge is 0.419 e. The van der Waals surface area contributed by atoms with E-state index in [2.05, 4.69) is 5.32 Å². The topological polar surface area (TPSA) is 35.5 Å². The summed E-state index contributed by atoms with van der Waals surface area (Å²) in [7, 11) is 0. The Morgan fingerprint density at radius 3 is 2.29 bits per heavy atom. The quantitative estimate of drug-likeness (QED) is 0.799. The van der Waals surface area contributed by atoms with Crippen molar-refractivity contribution in [2.45, 2.75) is 26.1 Å². The van der Waals surface area contributed by atoms with Crippen LogP contribution in [0.1, 0.15) is 31.0 Å². The summed E-state index contributed by atoms with van der Waals surface area (Å²) < 4.78 is 54.1. The van der Waals surface area contributed by atoms with Gasteiger partial charge in [0.15, 0.2) is 0 Å². The molecule has 2 N–H and O–H groups in total. The summed E-state index contributed by atoms with van der Waals surface area (Å²) in [5, 5.41) is 12.8. The molecule has 8 heteroatoms. The smallest absolute Gasteiger partial charge is 0.396 e. The monoisotopic (exact) mass is 370 g/mol. The predicted octanol–water partition coefficient (Wildman–Crippen LogP) is 3.23. The van der Waals surface area contributed by atoms with Gasteiger partial charge in [-0.2, -0.15) is 13.2 Å². The van der Waals surface area contributed by atoms with Gasteiger partial charge in [0, 0.05) is 44.2 Å². The van der Waals surface area contributed by atoms with Gasteiger partial charge in [-0.05, 0) is 11.6 Å². The first-order valence-corrected chi connectivity index (χ1v) is 7.59. The van der Waals surface area contributed by atoms with Crippen LogP contribution in [-0.2, 0) is 6.18 Å². The van der Waals surface area contributed by atoms with Crippen molar-refractivity contribution < 1.29 is 22.7 Å². The fourth-order valence-electron chi connectivity index (χ4n) is 3.21. The van der Waals surface area contributed by atoms with Crippen molar-refractivity contribution in [2.24, 2.45) is 5.41 Å². The lowest BCUT2D eigenvalue weighted by Crippen LogP contribution is -2.50. The minimum absolute atomic E-state index is 0. The summed E-state index contributed by atoms with van der Waals surface area (Å²) in [6.07, 6.45) is -4.78. The number of benzene rings is 1. The average Bonchev–Trinajstić information content (AvgIpc) is 2.47. The summed E-state index contributed by atoms with van der Waals surface area (Å²) >= 11 is 0. The van der Waals surface area contributed by atoms with E-state index in [1.807, 2.05) is 4.90 Å². The van der Waals surface area contributed by atoms with Gasteiger partial charge < -0.3 is 10.4 Å². The number of nitrogens with zero attached hydrogens (tertiary/aromatic N) is 1. The van der Waals surface area contributed by atoms with E-state index in [-0.39, 0.29) is 24.6 Å². The van der Waals surface area contributed by atoms with Crippen LogP contribution in [0.4, 0.5) is 17.6 Å². The van der Waals surface area contributed by atoms with Crippen molar-refractivity contribution in [3.8, 4) is 0 Å². The predicted molar refractivity (Wildman–Crippen MR) is 86.7 cm³/mol. The number of nitrogens with one attached hydrogen (secondary N) is 1. The van der Waals surface area contributed by atoms with Gasteiger partial charge in [-0.15, -0.1) is 12.4 Å². The Morgan fingerprint density at radius 1 is 1.21 bits per heavy atom. The Bertz CT molecular complexity index is 545. The first-order chi connectivity index (χ1) is 10.7. The number of hydrogen-bond donors (Lipinski definition) is 2. The molecule has 1 atom stereocenters. The molecule has 1 fully saturated rings. The molecular formula is C16H23ClF4N2O. The van der Waals surface area contributed by atoms with E-state index >= 15 is 0 Å². The van der Waals surface area contributed by atoms with Crippen molar-refractivity contribution in [3.63, 3.8) is 0 Å². The molecule has 3 nitrogen and oxygen atoms in total. The fourth-order valence-corrected chi connectivity index (χ4v) is 3.21. The highest BCUT2D eigenvalue weighted by Crippen LogP contribution is 2.44. The van der Waals surface area contributed by atoms with Crippen LogP contribution in [-0.4, -0.2) is 42.8 Å². The molecule has 0 aliphatic carbocycles. The van der Waals surface area contributed by atoms with Gasteiger partial charge in [-0.3, -0.25) is 4.90 Å². The first kappa shape index (κ1) is 21.2. The second-order valence-corrected chi connectivity index (χ2v) is 6.54. The molecule has 0 unspecified atom stereocenters. The molecule has 2 rings (SSSR count). The van der Waals surface area contributed by atoms with E-state index in [9.17, 15) is 22.7 Å². The van der Waals surface area contributed by atoms with Crippen LogP contribution in [0.3, 0.4) is 0 Å². The van der Waals surface area contributed by atoms with Crippen molar-refractivity contribution in [2.75, 3.05) is 32.8 Å². The number of hydrogen-bond acceptors (Lipinski definition) is 3. The van der Waals surface area contributed by atoms with Gasteiger partial charge in [0.05, 0.1) is 5.56 Å². The molecule has 0 amide bonds. The van der Waals surface area contributed by atoms with Gasteiger partial charge in [-0.25, -0.2) is 4.39 Å².